The molecule has 0 spiro atoms. The highest BCUT2D eigenvalue weighted by atomic mass is 16.6. The Balaban J connectivity index is 1.23. The highest BCUT2D eigenvalue weighted by molar-refractivity contribution is 6.23. The number of phenolic OH excluding ortho intramolecular Hbond substituents is 19. The molecule has 5 atom stereocenters. The zero-order chi connectivity index (χ0) is 63.6. The minimum absolute atomic E-state index is 0.242. The van der Waals surface area contributed by atoms with Crippen molar-refractivity contribution in [2.24, 2.45) is 0 Å². The Morgan fingerprint density at radius 1 is 0.375 bits per heavy atom. The number of carbonyl (C=O) groups is 5. The summed E-state index contributed by atoms with van der Waals surface area (Å²) in [6, 6.07) is 2.32. The van der Waals surface area contributed by atoms with Gasteiger partial charge in [-0.3, -0.25) is 0 Å². The van der Waals surface area contributed by atoms with Crippen molar-refractivity contribution in [3.8, 4) is 131 Å². The lowest BCUT2D eigenvalue weighted by Gasteiger charge is -2.43. The lowest BCUT2D eigenvalue weighted by Crippen LogP contribution is -2.56. The van der Waals surface area contributed by atoms with E-state index < -0.39 is 281 Å². The van der Waals surface area contributed by atoms with Crippen molar-refractivity contribution >= 4 is 62.6 Å². The molecule has 3 aliphatic heterocycles. The molecular weight excluding hydrogens is 1190 g/mol. The van der Waals surface area contributed by atoms with Gasteiger partial charge in [0.1, 0.15) is 17.6 Å². The Kier molecular flexibility index (Phi) is 11.9. The fourth-order valence-electron chi connectivity index (χ4n) is 11.1. The maximum atomic E-state index is 15.3. The molecule has 2 aromatic heterocycles. The number of carbonyl (C=O) groups excluding carboxylic acids is 5. The summed E-state index contributed by atoms with van der Waals surface area (Å²) in [6.07, 6.45) is -12.2. The summed E-state index contributed by atoms with van der Waals surface area (Å²) in [5.41, 5.74) is -19.3. The van der Waals surface area contributed by atoms with Crippen LogP contribution in [0.4, 0.5) is 0 Å². The summed E-state index contributed by atoms with van der Waals surface area (Å²) in [5.74, 6) is -41.1. The molecule has 33 nitrogen and oxygen atoms in total. The molecular formula is C55H32O33. The van der Waals surface area contributed by atoms with Crippen LogP contribution in [-0.4, -0.2) is 158 Å². The Morgan fingerprint density at radius 3 is 1.39 bits per heavy atom. The van der Waals surface area contributed by atoms with Gasteiger partial charge in [-0.15, -0.1) is 0 Å². The fraction of sp³-hybridized carbons (Fsp3) is 0.109. The van der Waals surface area contributed by atoms with Crippen molar-refractivity contribution in [1.82, 2.24) is 0 Å². The predicted octanol–water partition coefficient (Wildman–Crippen LogP) is 3.06. The predicted molar refractivity (Wildman–Crippen MR) is 278 cm³/mol. The Labute approximate surface area is 479 Å². The molecule has 33 heteroatoms. The molecule has 0 aliphatic carbocycles. The van der Waals surface area contributed by atoms with Gasteiger partial charge in [0.05, 0.1) is 39.1 Å². The molecule has 12 rings (SSSR count). The topological polar surface area (TPSA) is 576 Å². The SMILES string of the molecule is O=C(OC1COC(=O)c2cc(O)c(O)c(O)c2-c2c(cc(O)c(O)c2O)C(=O)OC1C1OC(=O)c2cc(O)c(O)c(O)c2-c2c(O)c(O)c(O)c3c2C(=O)OC1C3c1c(O)c(O)c2oc(=O)c3c(O)c(O)cc4oc(=O)c1c2c43)c1cc(O)c(O)c(O)c1. The highest BCUT2D eigenvalue weighted by Gasteiger charge is 2.56. The van der Waals surface area contributed by atoms with Gasteiger partial charge in [-0.2, -0.15) is 0 Å². The minimum Gasteiger partial charge on any atom is -0.504 e. The van der Waals surface area contributed by atoms with Crippen LogP contribution in [0.5, 0.6) is 109 Å². The number of benzene rings is 7. The summed E-state index contributed by atoms with van der Waals surface area (Å²) in [7, 11) is 0. The first-order valence-electron chi connectivity index (χ1n) is 24.5. The fourth-order valence-corrected chi connectivity index (χ4v) is 11.1. The van der Waals surface area contributed by atoms with Crippen LogP contribution in [0.25, 0.3) is 55.0 Å². The number of ether oxygens (including phenoxy) is 5. The van der Waals surface area contributed by atoms with Crippen molar-refractivity contribution in [3.63, 3.8) is 0 Å². The second kappa shape index (κ2) is 18.8. The van der Waals surface area contributed by atoms with Crippen LogP contribution in [0.3, 0.4) is 0 Å². The molecule has 0 fully saturated rings. The van der Waals surface area contributed by atoms with E-state index >= 15 is 14.4 Å². The molecule has 0 radical (unpaired) electrons. The molecule has 5 heterocycles. The number of aromatic hydroxyl groups is 19. The number of cyclic esters (lactones) is 3. The van der Waals surface area contributed by atoms with Crippen LogP contribution in [-0.2, 0) is 23.7 Å². The van der Waals surface area contributed by atoms with E-state index in [1.165, 1.54) is 0 Å². The van der Waals surface area contributed by atoms with E-state index in [0.717, 1.165) is 0 Å². The number of fused-ring (bicyclic) bond motifs is 7. The van der Waals surface area contributed by atoms with E-state index in [1.807, 2.05) is 0 Å². The molecule has 450 valence electrons. The van der Waals surface area contributed by atoms with E-state index in [2.05, 4.69) is 0 Å². The average Bonchev–Trinajstić information content (AvgIpc) is 0.711. The van der Waals surface area contributed by atoms with Crippen molar-refractivity contribution in [3.05, 3.63) is 96.2 Å². The molecule has 2 bridgehead atoms. The monoisotopic (exact) mass is 1220 g/mol. The summed E-state index contributed by atoms with van der Waals surface area (Å²) < 4.78 is 39.7. The first kappa shape index (κ1) is 55.6. The maximum absolute atomic E-state index is 15.3. The van der Waals surface area contributed by atoms with Crippen molar-refractivity contribution in [2.75, 3.05) is 6.61 Å². The van der Waals surface area contributed by atoms with Gasteiger partial charge in [0.2, 0.25) is 28.7 Å². The number of hydrogen-bond acceptors (Lipinski definition) is 33. The summed E-state index contributed by atoms with van der Waals surface area (Å²) >= 11 is 0. The first-order chi connectivity index (χ1) is 41.5. The smallest absolute Gasteiger partial charge is 0.348 e. The van der Waals surface area contributed by atoms with Crippen molar-refractivity contribution < 1.29 is 154 Å². The Hall–Kier alpha value is -13.0. The quantitative estimate of drug-likeness (QED) is 0.0396. The molecule has 19 N–H and O–H groups in total. The third-order valence-electron chi connectivity index (χ3n) is 15.0. The number of phenols is 19. The van der Waals surface area contributed by atoms with Gasteiger partial charge in [0.15, 0.2) is 110 Å². The van der Waals surface area contributed by atoms with E-state index in [-0.39, 0.29) is 12.1 Å². The van der Waals surface area contributed by atoms with Crippen LogP contribution >= 0.6 is 0 Å². The number of hydrogen-bond donors (Lipinski definition) is 19. The lowest BCUT2D eigenvalue weighted by molar-refractivity contribution is -0.135. The van der Waals surface area contributed by atoms with Gasteiger partial charge in [0.25, 0.3) is 0 Å². The van der Waals surface area contributed by atoms with Gasteiger partial charge >= 0.3 is 41.1 Å². The molecule has 88 heavy (non-hydrogen) atoms. The molecule has 3 aliphatic rings. The average molecular weight is 1220 g/mol. The van der Waals surface area contributed by atoms with Gasteiger partial charge in [0, 0.05) is 50.2 Å². The zero-order valence-electron chi connectivity index (χ0n) is 42.8. The standard InChI is InChI=1S/C55H32O33/c56-12-1-8(2-13(57)32(12)62)49(75)84-19-7-82-50(76)9-3-14(58)34(64)37(67)20(9)21-10(4-15(59)35(65)38(21)68)51(77)85-45(19)48-47-28(26-30-27-23-18(83-53(30)79)6-17(61)33(63)31(23)55(81)86-46(27)44(74)42(26)72)25-29(54(80)87-47)24(40(70)43(73)41(25)71)22-11(52(78)88-48)5-16(60)36(66)39(22)69/h1-6,19,28,45,47-48,56-74H,7H2. The van der Waals surface area contributed by atoms with Gasteiger partial charge < -0.3 is 130 Å². The molecule has 5 unspecified atom stereocenters. The summed E-state index contributed by atoms with van der Waals surface area (Å²) in [5, 5.41) is 209. The summed E-state index contributed by atoms with van der Waals surface area (Å²) in [6.45, 7) is -1.71. The van der Waals surface area contributed by atoms with Gasteiger partial charge in [-0.1, -0.05) is 0 Å². The number of rotatable bonds is 4. The highest BCUT2D eigenvalue weighted by Crippen LogP contribution is 2.62. The molecule has 0 amide bonds. The Bertz CT molecular complexity index is 4850. The van der Waals surface area contributed by atoms with E-state index in [9.17, 15) is 116 Å². The molecule has 0 saturated heterocycles. The second-order valence-corrected chi connectivity index (χ2v) is 19.7. The second-order valence-electron chi connectivity index (χ2n) is 19.7. The largest absolute Gasteiger partial charge is 0.504 e. The minimum atomic E-state index is -3.17. The molecule has 9 aromatic rings. The first-order valence-corrected chi connectivity index (χ1v) is 24.5. The van der Waals surface area contributed by atoms with Crippen molar-refractivity contribution in [2.45, 2.75) is 30.3 Å². The number of esters is 5. The summed E-state index contributed by atoms with van der Waals surface area (Å²) in [4.78, 5) is 103. The third kappa shape index (κ3) is 7.55. The molecule has 0 saturated carbocycles. The van der Waals surface area contributed by atoms with Crippen LogP contribution in [0, 0.1) is 0 Å². The van der Waals surface area contributed by atoms with E-state index in [4.69, 9.17) is 32.5 Å². The van der Waals surface area contributed by atoms with Gasteiger partial charge in [-0.05, 0) is 30.3 Å². The zero-order valence-corrected chi connectivity index (χ0v) is 42.8. The normalized spacial score (nSPS) is 18.2. The van der Waals surface area contributed by atoms with Crippen LogP contribution in [0.2, 0.25) is 0 Å². The van der Waals surface area contributed by atoms with Crippen LogP contribution < -0.4 is 11.3 Å². The third-order valence-corrected chi connectivity index (χ3v) is 15.0. The molecule has 7 aromatic carbocycles. The van der Waals surface area contributed by atoms with E-state index in [0.29, 0.717) is 24.3 Å². The Morgan fingerprint density at radius 2 is 0.830 bits per heavy atom. The van der Waals surface area contributed by atoms with Gasteiger partial charge in [-0.25, -0.2) is 33.6 Å². The van der Waals surface area contributed by atoms with Crippen LogP contribution in [0.1, 0.15) is 68.8 Å². The lowest BCUT2D eigenvalue weighted by atomic mass is 9.73. The van der Waals surface area contributed by atoms with E-state index in [1.54, 1.807) is 0 Å². The maximum Gasteiger partial charge on any atom is 0.348 e. The van der Waals surface area contributed by atoms with Crippen molar-refractivity contribution in [1.29, 1.82) is 0 Å². The van der Waals surface area contributed by atoms with Crippen LogP contribution in [0.15, 0.2) is 54.8 Å².